The molecule has 1 aliphatic rings. The van der Waals surface area contributed by atoms with Crippen molar-refractivity contribution >= 4 is 44.7 Å². The molecule has 2 aromatic rings. The summed E-state index contributed by atoms with van der Waals surface area (Å²) >= 11 is 12.1. The molecular formula is C15H15Cl2N3O3S. The summed E-state index contributed by atoms with van der Waals surface area (Å²) in [6.07, 6.45) is 1.32. The van der Waals surface area contributed by atoms with Crippen molar-refractivity contribution in [2.24, 2.45) is 0 Å². The third-order valence-electron chi connectivity index (χ3n) is 3.56. The maximum atomic E-state index is 12.5. The first-order valence-electron chi connectivity index (χ1n) is 7.23. The lowest BCUT2D eigenvalue weighted by Crippen LogP contribution is -2.40. The number of nitrogens with one attached hydrogen (secondary N) is 1. The van der Waals surface area contributed by atoms with Crippen LogP contribution in [0.4, 0.5) is 11.5 Å². The quantitative estimate of drug-likeness (QED) is 0.871. The first-order valence-corrected chi connectivity index (χ1v) is 9.43. The number of rotatable bonds is 4. The molecular weight excluding hydrogens is 373 g/mol. The minimum Gasteiger partial charge on any atom is -0.379 e. The van der Waals surface area contributed by atoms with Gasteiger partial charge in [-0.1, -0.05) is 29.3 Å². The minimum atomic E-state index is -3.55. The van der Waals surface area contributed by atoms with Crippen molar-refractivity contribution in [1.82, 2.24) is 9.29 Å². The average Bonchev–Trinajstić information content (AvgIpc) is 2.60. The molecule has 6 nitrogen and oxygen atoms in total. The molecule has 3 rings (SSSR count). The second-order valence-corrected chi connectivity index (χ2v) is 7.85. The van der Waals surface area contributed by atoms with Crippen LogP contribution in [0.3, 0.4) is 0 Å². The standard InChI is InChI=1S/C15H15Cl2N3O3S/c16-12-2-1-3-13(15(12)17)19-14-5-4-11(10-18-14)24(21,22)20-6-8-23-9-7-20/h1-5,10H,6-9H2,(H,18,19). The van der Waals surface area contributed by atoms with Gasteiger partial charge in [0.15, 0.2) is 0 Å². The van der Waals surface area contributed by atoms with Crippen LogP contribution in [0.2, 0.25) is 10.0 Å². The third-order valence-corrected chi connectivity index (χ3v) is 6.26. The van der Waals surface area contributed by atoms with Gasteiger partial charge >= 0.3 is 0 Å². The molecule has 1 N–H and O–H groups in total. The summed E-state index contributed by atoms with van der Waals surface area (Å²) < 4.78 is 31.6. The highest BCUT2D eigenvalue weighted by Gasteiger charge is 2.26. The number of halogens is 2. The lowest BCUT2D eigenvalue weighted by atomic mass is 10.3. The predicted octanol–water partition coefficient (Wildman–Crippen LogP) is 3.15. The Morgan fingerprint density at radius 1 is 1.12 bits per heavy atom. The van der Waals surface area contributed by atoms with E-state index in [0.29, 0.717) is 47.9 Å². The van der Waals surface area contributed by atoms with E-state index < -0.39 is 10.0 Å². The van der Waals surface area contributed by atoms with Gasteiger partial charge in [0.1, 0.15) is 10.7 Å². The third kappa shape index (κ3) is 3.65. The average molecular weight is 388 g/mol. The number of sulfonamides is 1. The Balaban J connectivity index is 1.79. The van der Waals surface area contributed by atoms with E-state index in [1.807, 2.05) is 0 Å². The fraction of sp³-hybridized carbons (Fsp3) is 0.267. The van der Waals surface area contributed by atoms with Crippen LogP contribution < -0.4 is 5.32 Å². The molecule has 0 atom stereocenters. The molecule has 0 radical (unpaired) electrons. The maximum absolute atomic E-state index is 12.5. The highest BCUT2D eigenvalue weighted by molar-refractivity contribution is 7.89. The number of hydrogen-bond acceptors (Lipinski definition) is 5. The second kappa shape index (κ2) is 7.25. The Kier molecular flexibility index (Phi) is 5.27. The lowest BCUT2D eigenvalue weighted by Gasteiger charge is -2.25. The molecule has 0 spiro atoms. The zero-order valence-electron chi connectivity index (χ0n) is 12.6. The van der Waals surface area contributed by atoms with Gasteiger partial charge in [-0.05, 0) is 24.3 Å². The molecule has 0 bridgehead atoms. The van der Waals surface area contributed by atoms with E-state index in [2.05, 4.69) is 10.3 Å². The largest absolute Gasteiger partial charge is 0.379 e. The van der Waals surface area contributed by atoms with Crippen LogP contribution in [0.5, 0.6) is 0 Å². The van der Waals surface area contributed by atoms with E-state index >= 15 is 0 Å². The van der Waals surface area contributed by atoms with Crippen LogP contribution in [0.25, 0.3) is 0 Å². The molecule has 0 saturated carbocycles. The zero-order valence-corrected chi connectivity index (χ0v) is 14.9. The number of anilines is 2. The minimum absolute atomic E-state index is 0.146. The van der Waals surface area contributed by atoms with E-state index in [1.54, 1.807) is 24.3 Å². The second-order valence-electron chi connectivity index (χ2n) is 5.12. The maximum Gasteiger partial charge on any atom is 0.244 e. The number of nitrogens with zero attached hydrogens (tertiary/aromatic N) is 2. The van der Waals surface area contributed by atoms with E-state index in [4.69, 9.17) is 27.9 Å². The van der Waals surface area contributed by atoms with Gasteiger partial charge in [0.05, 0.1) is 28.9 Å². The van der Waals surface area contributed by atoms with E-state index in [-0.39, 0.29) is 4.90 Å². The van der Waals surface area contributed by atoms with Gasteiger partial charge in [-0.15, -0.1) is 0 Å². The summed E-state index contributed by atoms with van der Waals surface area (Å²) in [5.41, 5.74) is 0.598. The van der Waals surface area contributed by atoms with Gasteiger partial charge in [0.2, 0.25) is 10.0 Å². The van der Waals surface area contributed by atoms with Gasteiger partial charge < -0.3 is 10.1 Å². The number of aromatic nitrogens is 1. The van der Waals surface area contributed by atoms with Gasteiger partial charge in [0.25, 0.3) is 0 Å². The zero-order chi connectivity index (χ0) is 17.2. The molecule has 1 fully saturated rings. The Morgan fingerprint density at radius 3 is 2.54 bits per heavy atom. The van der Waals surface area contributed by atoms with Crippen LogP contribution in [0, 0.1) is 0 Å². The van der Waals surface area contributed by atoms with Gasteiger partial charge in [-0.2, -0.15) is 4.31 Å². The number of morpholine rings is 1. The molecule has 0 unspecified atom stereocenters. The molecule has 24 heavy (non-hydrogen) atoms. The van der Waals surface area contributed by atoms with Crippen LogP contribution in [-0.4, -0.2) is 44.0 Å². The topological polar surface area (TPSA) is 71.5 Å². The Bertz CT molecular complexity index is 822. The van der Waals surface area contributed by atoms with Crippen LogP contribution in [0.1, 0.15) is 0 Å². The highest BCUT2D eigenvalue weighted by Crippen LogP contribution is 2.31. The number of ether oxygens (including phenoxy) is 1. The molecule has 0 aliphatic carbocycles. The molecule has 0 amide bonds. The first-order chi connectivity index (χ1) is 11.5. The van der Waals surface area contributed by atoms with Crippen molar-refractivity contribution in [3.63, 3.8) is 0 Å². The molecule has 1 aromatic heterocycles. The summed E-state index contributed by atoms with van der Waals surface area (Å²) in [4.78, 5) is 4.30. The Hall–Kier alpha value is -1.38. The molecule has 1 aliphatic heterocycles. The van der Waals surface area contributed by atoms with Crippen LogP contribution >= 0.6 is 23.2 Å². The van der Waals surface area contributed by atoms with E-state index in [1.165, 1.54) is 16.6 Å². The number of hydrogen-bond donors (Lipinski definition) is 1. The van der Waals surface area contributed by atoms with Crippen molar-refractivity contribution in [3.8, 4) is 0 Å². The van der Waals surface area contributed by atoms with Gasteiger partial charge in [-0.3, -0.25) is 0 Å². The SMILES string of the molecule is O=S(=O)(c1ccc(Nc2cccc(Cl)c2Cl)nc1)N1CCOCC1. The van der Waals surface area contributed by atoms with E-state index in [9.17, 15) is 8.42 Å². The Labute approximate surface area is 150 Å². The van der Waals surface area contributed by atoms with Crippen molar-refractivity contribution in [2.45, 2.75) is 4.90 Å². The van der Waals surface area contributed by atoms with Crippen molar-refractivity contribution in [2.75, 3.05) is 31.6 Å². The predicted molar refractivity (Wildman–Crippen MR) is 93.6 cm³/mol. The summed E-state index contributed by atoms with van der Waals surface area (Å²) in [6.45, 7) is 1.50. The van der Waals surface area contributed by atoms with Crippen molar-refractivity contribution in [1.29, 1.82) is 0 Å². The lowest BCUT2D eigenvalue weighted by molar-refractivity contribution is 0.0730. The fourth-order valence-electron chi connectivity index (χ4n) is 2.28. The van der Waals surface area contributed by atoms with Crippen molar-refractivity contribution < 1.29 is 13.2 Å². The number of benzene rings is 1. The smallest absolute Gasteiger partial charge is 0.244 e. The van der Waals surface area contributed by atoms with Crippen molar-refractivity contribution in [3.05, 3.63) is 46.6 Å². The highest BCUT2D eigenvalue weighted by atomic mass is 35.5. The Morgan fingerprint density at radius 2 is 1.88 bits per heavy atom. The monoisotopic (exact) mass is 387 g/mol. The fourth-order valence-corrected chi connectivity index (χ4v) is 3.98. The summed E-state index contributed by atoms with van der Waals surface area (Å²) in [5, 5.41) is 3.82. The molecule has 1 aromatic carbocycles. The van der Waals surface area contributed by atoms with Gasteiger partial charge in [0, 0.05) is 19.3 Å². The normalized spacial score (nSPS) is 16.1. The van der Waals surface area contributed by atoms with Crippen LogP contribution in [-0.2, 0) is 14.8 Å². The molecule has 2 heterocycles. The summed E-state index contributed by atoms with van der Waals surface area (Å²) in [5.74, 6) is 0.472. The van der Waals surface area contributed by atoms with E-state index in [0.717, 1.165) is 0 Å². The van der Waals surface area contributed by atoms with Gasteiger partial charge in [-0.25, -0.2) is 13.4 Å². The first kappa shape index (κ1) is 17.4. The molecule has 1 saturated heterocycles. The molecule has 128 valence electrons. The summed E-state index contributed by atoms with van der Waals surface area (Å²) in [7, 11) is -3.55. The van der Waals surface area contributed by atoms with Crippen LogP contribution in [0.15, 0.2) is 41.4 Å². The molecule has 9 heteroatoms. The summed E-state index contributed by atoms with van der Waals surface area (Å²) in [6, 6.07) is 8.30. The number of pyridine rings is 1.